The van der Waals surface area contributed by atoms with E-state index in [-0.39, 0.29) is 0 Å². The fourth-order valence-electron chi connectivity index (χ4n) is 1.60. The van der Waals surface area contributed by atoms with Crippen LogP contribution >= 0.6 is 11.6 Å². The molecule has 0 radical (unpaired) electrons. The molecule has 0 saturated heterocycles. The molecule has 1 aromatic rings. The van der Waals surface area contributed by atoms with E-state index in [0.717, 1.165) is 24.7 Å². The van der Waals surface area contributed by atoms with Gasteiger partial charge in [0, 0.05) is 24.2 Å². The summed E-state index contributed by atoms with van der Waals surface area (Å²) >= 11 is 5.93. The minimum atomic E-state index is 0.490. The molecule has 90 valence electrons. The van der Waals surface area contributed by atoms with Crippen LogP contribution in [0.4, 0.5) is 0 Å². The molecule has 0 aromatic heterocycles. The third-order valence-corrected chi connectivity index (χ3v) is 2.90. The van der Waals surface area contributed by atoms with Gasteiger partial charge in [0.05, 0.1) is 0 Å². The molecule has 3 heteroatoms. The number of hydrogen-bond donors (Lipinski definition) is 1. The van der Waals surface area contributed by atoms with Gasteiger partial charge in [-0.2, -0.15) is 0 Å². The van der Waals surface area contributed by atoms with Crippen LogP contribution in [0, 0.1) is 0 Å². The van der Waals surface area contributed by atoms with Gasteiger partial charge in [-0.15, -0.1) is 0 Å². The molecule has 0 fully saturated rings. The molecule has 0 aliphatic rings. The highest BCUT2D eigenvalue weighted by atomic mass is 35.5. The maximum Gasteiger partial charge on any atom is 0.0409 e. The van der Waals surface area contributed by atoms with Crippen LogP contribution in [0.3, 0.4) is 0 Å². The summed E-state index contributed by atoms with van der Waals surface area (Å²) in [5.74, 6) is 0. The zero-order chi connectivity index (χ0) is 12.0. The Labute approximate surface area is 104 Å². The maximum absolute atomic E-state index is 5.93. The lowest BCUT2D eigenvalue weighted by Gasteiger charge is -2.20. The Balaban J connectivity index is 2.34. The molecule has 0 aliphatic carbocycles. The Morgan fingerprint density at radius 2 is 2.19 bits per heavy atom. The Kier molecular flexibility index (Phi) is 5.81. The summed E-state index contributed by atoms with van der Waals surface area (Å²) in [6.07, 6.45) is 0. The summed E-state index contributed by atoms with van der Waals surface area (Å²) in [5, 5.41) is 4.29. The van der Waals surface area contributed by atoms with Crippen molar-refractivity contribution in [3.05, 3.63) is 34.9 Å². The first-order valence-corrected chi connectivity index (χ1v) is 6.16. The van der Waals surface area contributed by atoms with Crippen LogP contribution in [0.2, 0.25) is 5.02 Å². The summed E-state index contributed by atoms with van der Waals surface area (Å²) in [7, 11) is 2.14. The molecule has 0 bridgehead atoms. The highest BCUT2D eigenvalue weighted by Gasteiger charge is 2.04. The van der Waals surface area contributed by atoms with Gasteiger partial charge in [0.1, 0.15) is 0 Å². The fraction of sp³-hybridized carbons (Fsp3) is 0.538. The van der Waals surface area contributed by atoms with E-state index in [4.69, 9.17) is 11.6 Å². The van der Waals surface area contributed by atoms with Crippen LogP contribution in [0.1, 0.15) is 19.4 Å². The maximum atomic E-state index is 5.93. The normalized spacial score (nSPS) is 13.1. The lowest BCUT2D eigenvalue weighted by Crippen LogP contribution is -2.36. The van der Waals surface area contributed by atoms with Gasteiger partial charge in [0.15, 0.2) is 0 Å². The third-order valence-electron chi connectivity index (χ3n) is 2.67. The van der Waals surface area contributed by atoms with Crippen LogP contribution in [0.25, 0.3) is 0 Å². The molecule has 0 spiro atoms. The van der Waals surface area contributed by atoms with Gasteiger partial charge in [-0.05, 0) is 38.2 Å². The van der Waals surface area contributed by atoms with Gasteiger partial charge in [0.2, 0.25) is 0 Å². The molecule has 16 heavy (non-hydrogen) atoms. The Morgan fingerprint density at radius 3 is 2.81 bits per heavy atom. The van der Waals surface area contributed by atoms with Crippen molar-refractivity contribution in [1.29, 1.82) is 0 Å². The monoisotopic (exact) mass is 240 g/mol. The fourth-order valence-corrected chi connectivity index (χ4v) is 1.81. The Bertz CT molecular complexity index is 315. The van der Waals surface area contributed by atoms with Gasteiger partial charge in [0.25, 0.3) is 0 Å². The molecule has 0 aliphatic heterocycles. The second-order valence-electron chi connectivity index (χ2n) is 4.27. The molecule has 1 rings (SSSR count). The minimum Gasteiger partial charge on any atom is -0.309 e. The lowest BCUT2D eigenvalue weighted by atomic mass is 10.2. The second kappa shape index (κ2) is 6.89. The van der Waals surface area contributed by atoms with Crippen molar-refractivity contribution >= 4 is 11.6 Å². The van der Waals surface area contributed by atoms with E-state index in [1.54, 1.807) is 0 Å². The minimum absolute atomic E-state index is 0.490. The molecule has 1 aromatic carbocycles. The van der Waals surface area contributed by atoms with E-state index < -0.39 is 0 Å². The third kappa shape index (κ3) is 4.97. The van der Waals surface area contributed by atoms with Crippen LogP contribution in [-0.2, 0) is 6.54 Å². The second-order valence-corrected chi connectivity index (χ2v) is 4.70. The molecule has 0 saturated carbocycles. The van der Waals surface area contributed by atoms with E-state index >= 15 is 0 Å². The highest BCUT2D eigenvalue weighted by molar-refractivity contribution is 6.30. The standard InChI is InChI=1S/C13H21ClN2/c1-4-16(3)10-11(2)15-9-12-6-5-7-13(14)8-12/h5-8,11,15H,4,9-10H2,1-3H3. The average Bonchev–Trinajstić information content (AvgIpc) is 2.26. The molecule has 1 atom stereocenters. The number of rotatable bonds is 6. The summed E-state index contributed by atoms with van der Waals surface area (Å²) in [4.78, 5) is 2.30. The van der Waals surface area contributed by atoms with Crippen molar-refractivity contribution < 1.29 is 0 Å². The van der Waals surface area contributed by atoms with Crippen LogP contribution in [0.15, 0.2) is 24.3 Å². The summed E-state index contributed by atoms with van der Waals surface area (Å²) in [6, 6.07) is 8.48. The molecule has 1 unspecified atom stereocenters. The van der Waals surface area contributed by atoms with Crippen molar-refractivity contribution in [2.45, 2.75) is 26.4 Å². The topological polar surface area (TPSA) is 15.3 Å². The predicted molar refractivity (Wildman–Crippen MR) is 70.9 cm³/mol. The first-order valence-electron chi connectivity index (χ1n) is 5.78. The van der Waals surface area contributed by atoms with E-state index in [1.165, 1.54) is 5.56 Å². The van der Waals surface area contributed by atoms with Gasteiger partial charge in [-0.1, -0.05) is 30.7 Å². The quantitative estimate of drug-likeness (QED) is 0.823. The molecule has 0 amide bonds. The summed E-state index contributed by atoms with van der Waals surface area (Å²) < 4.78 is 0. The Morgan fingerprint density at radius 1 is 1.44 bits per heavy atom. The van der Waals surface area contributed by atoms with Gasteiger partial charge < -0.3 is 10.2 Å². The molecule has 1 N–H and O–H groups in total. The average molecular weight is 241 g/mol. The van der Waals surface area contributed by atoms with Crippen molar-refractivity contribution in [2.75, 3.05) is 20.1 Å². The zero-order valence-corrected chi connectivity index (χ0v) is 11.1. The van der Waals surface area contributed by atoms with E-state index in [1.807, 2.05) is 18.2 Å². The van der Waals surface area contributed by atoms with Gasteiger partial charge >= 0.3 is 0 Å². The van der Waals surface area contributed by atoms with Crippen LogP contribution < -0.4 is 5.32 Å². The van der Waals surface area contributed by atoms with Gasteiger partial charge in [-0.3, -0.25) is 0 Å². The molecule has 0 heterocycles. The molecular formula is C13H21ClN2. The van der Waals surface area contributed by atoms with Crippen LogP contribution in [0.5, 0.6) is 0 Å². The summed E-state index contributed by atoms with van der Waals surface area (Å²) in [5.41, 5.74) is 1.23. The first-order chi connectivity index (χ1) is 7.61. The number of nitrogens with one attached hydrogen (secondary N) is 1. The predicted octanol–water partition coefficient (Wildman–Crippen LogP) is 2.77. The van der Waals surface area contributed by atoms with Crippen molar-refractivity contribution in [3.8, 4) is 0 Å². The van der Waals surface area contributed by atoms with Crippen molar-refractivity contribution in [3.63, 3.8) is 0 Å². The number of likely N-dealkylation sites (N-methyl/N-ethyl adjacent to an activating group) is 1. The number of nitrogens with zero attached hydrogens (tertiary/aromatic N) is 1. The Hall–Kier alpha value is -0.570. The lowest BCUT2D eigenvalue weighted by molar-refractivity contribution is 0.309. The zero-order valence-electron chi connectivity index (χ0n) is 10.3. The van der Waals surface area contributed by atoms with Crippen molar-refractivity contribution in [1.82, 2.24) is 10.2 Å². The smallest absolute Gasteiger partial charge is 0.0409 e. The SMILES string of the molecule is CCN(C)CC(C)NCc1cccc(Cl)c1. The number of hydrogen-bond acceptors (Lipinski definition) is 2. The summed E-state index contributed by atoms with van der Waals surface area (Å²) in [6.45, 7) is 7.40. The number of halogens is 1. The van der Waals surface area contributed by atoms with Gasteiger partial charge in [-0.25, -0.2) is 0 Å². The number of benzene rings is 1. The van der Waals surface area contributed by atoms with Crippen molar-refractivity contribution in [2.24, 2.45) is 0 Å². The largest absolute Gasteiger partial charge is 0.309 e. The molecule has 2 nitrogen and oxygen atoms in total. The van der Waals surface area contributed by atoms with E-state index in [0.29, 0.717) is 6.04 Å². The van der Waals surface area contributed by atoms with Crippen LogP contribution in [-0.4, -0.2) is 31.1 Å². The first kappa shape index (κ1) is 13.5. The highest BCUT2D eigenvalue weighted by Crippen LogP contribution is 2.10. The van der Waals surface area contributed by atoms with E-state index in [2.05, 4.69) is 37.2 Å². The van der Waals surface area contributed by atoms with E-state index in [9.17, 15) is 0 Å². The molecular weight excluding hydrogens is 220 g/mol.